The van der Waals surface area contributed by atoms with Crippen LogP contribution in [0.5, 0.6) is 0 Å². The summed E-state index contributed by atoms with van der Waals surface area (Å²) in [4.78, 5) is 10.8. The summed E-state index contributed by atoms with van der Waals surface area (Å²) < 4.78 is 49.7. The zero-order chi connectivity index (χ0) is 16.4. The Hall–Kier alpha value is -1.21. The van der Waals surface area contributed by atoms with E-state index >= 15 is 0 Å². The van der Waals surface area contributed by atoms with E-state index in [2.05, 4.69) is 5.32 Å². The first-order valence-corrected chi connectivity index (χ1v) is 8.57. The lowest BCUT2D eigenvalue weighted by Gasteiger charge is -2.16. The summed E-state index contributed by atoms with van der Waals surface area (Å²) in [7, 11) is 0.536. The molecule has 118 valence electrons. The maximum Gasteiger partial charge on any atom is 0.264 e. The van der Waals surface area contributed by atoms with Crippen molar-refractivity contribution < 1.29 is 22.0 Å². The number of halogens is 3. The Morgan fingerprint density at radius 1 is 1.29 bits per heavy atom. The molecule has 0 aliphatic heterocycles. The predicted molar refractivity (Wildman–Crippen MR) is 75.7 cm³/mol. The molecule has 0 aliphatic carbocycles. The standard InChI is InChI=1S/C13H16ClF2NO3S/c1-7(2)8(3)6-17-13(18)10-4-9(15)5-11(12(10)16)21(14,19)20/h4-5,7-8H,6H2,1-3H3,(H,17,18). The SMILES string of the molecule is CC(C)C(C)CNC(=O)c1cc(F)cc(S(=O)(=O)Cl)c1F. The van der Waals surface area contributed by atoms with Gasteiger partial charge in [0.05, 0.1) is 5.56 Å². The third-order valence-corrected chi connectivity index (χ3v) is 4.56. The monoisotopic (exact) mass is 339 g/mol. The largest absolute Gasteiger partial charge is 0.352 e. The Balaban J connectivity index is 3.08. The highest BCUT2D eigenvalue weighted by molar-refractivity contribution is 8.13. The molecule has 0 bridgehead atoms. The summed E-state index contributed by atoms with van der Waals surface area (Å²) in [5.74, 6) is -2.89. The van der Waals surface area contributed by atoms with Gasteiger partial charge in [-0.25, -0.2) is 17.2 Å². The molecule has 0 radical (unpaired) electrons. The van der Waals surface area contributed by atoms with Gasteiger partial charge in [-0.3, -0.25) is 4.79 Å². The molecular formula is C13H16ClF2NO3S. The average Bonchev–Trinajstić information content (AvgIpc) is 2.36. The van der Waals surface area contributed by atoms with Crippen LogP contribution < -0.4 is 5.32 Å². The molecule has 1 rings (SSSR count). The average molecular weight is 340 g/mol. The van der Waals surface area contributed by atoms with E-state index in [1.165, 1.54) is 0 Å². The molecular weight excluding hydrogens is 324 g/mol. The summed E-state index contributed by atoms with van der Waals surface area (Å²) in [5.41, 5.74) is -0.690. The third-order valence-electron chi connectivity index (χ3n) is 3.23. The Kier molecular flexibility index (Phi) is 5.69. The second-order valence-electron chi connectivity index (χ2n) is 5.13. The second-order valence-corrected chi connectivity index (χ2v) is 7.67. The fourth-order valence-electron chi connectivity index (χ4n) is 1.49. The van der Waals surface area contributed by atoms with Crippen LogP contribution in [0.2, 0.25) is 0 Å². The summed E-state index contributed by atoms with van der Waals surface area (Å²) in [6, 6.07) is 1.07. The molecule has 0 saturated carbocycles. The van der Waals surface area contributed by atoms with Crippen LogP contribution in [0.15, 0.2) is 17.0 Å². The van der Waals surface area contributed by atoms with Crippen molar-refractivity contribution in [1.82, 2.24) is 5.32 Å². The first kappa shape index (κ1) is 17.8. The molecule has 0 heterocycles. The van der Waals surface area contributed by atoms with Crippen molar-refractivity contribution in [2.45, 2.75) is 25.7 Å². The first-order valence-electron chi connectivity index (χ1n) is 6.26. The van der Waals surface area contributed by atoms with Crippen LogP contribution in [-0.4, -0.2) is 20.9 Å². The van der Waals surface area contributed by atoms with Crippen LogP contribution in [0, 0.1) is 23.5 Å². The summed E-state index contributed by atoms with van der Waals surface area (Å²) in [6.07, 6.45) is 0. The first-order chi connectivity index (χ1) is 9.54. The second kappa shape index (κ2) is 6.70. The molecule has 0 aromatic heterocycles. The highest BCUT2D eigenvalue weighted by atomic mass is 35.7. The Morgan fingerprint density at radius 3 is 2.33 bits per heavy atom. The minimum atomic E-state index is -4.48. The van der Waals surface area contributed by atoms with E-state index in [4.69, 9.17) is 10.7 Å². The van der Waals surface area contributed by atoms with Crippen LogP contribution in [0.4, 0.5) is 8.78 Å². The van der Waals surface area contributed by atoms with Crippen LogP contribution >= 0.6 is 10.7 Å². The zero-order valence-corrected chi connectivity index (χ0v) is 13.4. The van der Waals surface area contributed by atoms with Gasteiger partial charge in [-0.15, -0.1) is 0 Å². The number of carbonyl (C=O) groups is 1. The smallest absolute Gasteiger partial charge is 0.264 e. The highest BCUT2D eigenvalue weighted by Crippen LogP contribution is 2.23. The molecule has 0 saturated heterocycles. The van der Waals surface area contributed by atoms with Crippen molar-refractivity contribution >= 4 is 25.6 Å². The molecule has 0 aliphatic rings. The lowest BCUT2D eigenvalue weighted by molar-refractivity contribution is 0.0939. The van der Waals surface area contributed by atoms with E-state index < -0.39 is 37.1 Å². The molecule has 1 aromatic rings. The number of nitrogens with one attached hydrogen (secondary N) is 1. The van der Waals surface area contributed by atoms with E-state index in [0.29, 0.717) is 18.1 Å². The van der Waals surface area contributed by atoms with Gasteiger partial charge in [-0.05, 0) is 24.0 Å². The van der Waals surface area contributed by atoms with E-state index in [1.54, 1.807) is 0 Å². The van der Waals surface area contributed by atoms with E-state index in [0.717, 1.165) is 0 Å². The molecule has 1 aromatic carbocycles. The van der Waals surface area contributed by atoms with Gasteiger partial charge >= 0.3 is 0 Å². The summed E-state index contributed by atoms with van der Waals surface area (Å²) in [6.45, 7) is 6.06. The number of rotatable bonds is 5. The van der Waals surface area contributed by atoms with Gasteiger partial charge in [0.15, 0.2) is 5.82 Å². The summed E-state index contributed by atoms with van der Waals surface area (Å²) >= 11 is 0. The van der Waals surface area contributed by atoms with Crippen LogP contribution in [-0.2, 0) is 9.05 Å². The van der Waals surface area contributed by atoms with E-state index in [1.807, 2.05) is 20.8 Å². The molecule has 0 fully saturated rings. The van der Waals surface area contributed by atoms with Gasteiger partial charge in [0.25, 0.3) is 15.0 Å². The Bertz CT molecular complexity index is 647. The fraction of sp³-hybridized carbons (Fsp3) is 0.462. The number of benzene rings is 1. The molecule has 4 nitrogen and oxygen atoms in total. The number of carbonyl (C=O) groups excluding carboxylic acids is 1. The number of hydrogen-bond acceptors (Lipinski definition) is 3. The summed E-state index contributed by atoms with van der Waals surface area (Å²) in [5, 5.41) is 2.44. The van der Waals surface area contributed by atoms with E-state index in [-0.39, 0.29) is 12.5 Å². The molecule has 21 heavy (non-hydrogen) atoms. The quantitative estimate of drug-likeness (QED) is 0.839. The van der Waals surface area contributed by atoms with Gasteiger partial charge in [0, 0.05) is 17.2 Å². The lowest BCUT2D eigenvalue weighted by atomic mass is 9.98. The van der Waals surface area contributed by atoms with Crippen molar-refractivity contribution in [3.05, 3.63) is 29.3 Å². The maximum atomic E-state index is 14.0. The molecule has 1 N–H and O–H groups in total. The van der Waals surface area contributed by atoms with Crippen molar-refractivity contribution in [3.8, 4) is 0 Å². The van der Waals surface area contributed by atoms with Gasteiger partial charge in [0.1, 0.15) is 10.7 Å². The third kappa shape index (κ3) is 4.64. The van der Waals surface area contributed by atoms with Gasteiger partial charge < -0.3 is 5.32 Å². The maximum absolute atomic E-state index is 14.0. The van der Waals surface area contributed by atoms with Crippen LogP contribution in [0.1, 0.15) is 31.1 Å². The fourth-order valence-corrected chi connectivity index (χ4v) is 2.41. The highest BCUT2D eigenvalue weighted by Gasteiger charge is 2.24. The molecule has 1 unspecified atom stereocenters. The lowest BCUT2D eigenvalue weighted by Crippen LogP contribution is -2.31. The van der Waals surface area contributed by atoms with Crippen molar-refractivity contribution in [2.75, 3.05) is 6.54 Å². The molecule has 1 amide bonds. The van der Waals surface area contributed by atoms with Crippen LogP contribution in [0.3, 0.4) is 0 Å². The normalized spacial score (nSPS) is 13.3. The van der Waals surface area contributed by atoms with Gasteiger partial charge in [-0.1, -0.05) is 20.8 Å². The predicted octanol–water partition coefficient (Wildman–Crippen LogP) is 2.91. The number of hydrogen-bond donors (Lipinski definition) is 1. The number of amides is 1. The van der Waals surface area contributed by atoms with Crippen LogP contribution in [0.25, 0.3) is 0 Å². The van der Waals surface area contributed by atoms with E-state index in [9.17, 15) is 22.0 Å². The minimum Gasteiger partial charge on any atom is -0.352 e. The molecule has 8 heteroatoms. The van der Waals surface area contributed by atoms with Gasteiger partial charge in [0.2, 0.25) is 0 Å². The van der Waals surface area contributed by atoms with Crippen molar-refractivity contribution in [2.24, 2.45) is 11.8 Å². The molecule has 1 atom stereocenters. The Morgan fingerprint density at radius 2 is 1.86 bits per heavy atom. The molecule has 0 spiro atoms. The minimum absolute atomic E-state index is 0.127. The van der Waals surface area contributed by atoms with Crippen molar-refractivity contribution in [1.29, 1.82) is 0 Å². The Labute approximate surface area is 126 Å². The van der Waals surface area contributed by atoms with Gasteiger partial charge in [-0.2, -0.15) is 0 Å². The zero-order valence-electron chi connectivity index (χ0n) is 11.8. The topological polar surface area (TPSA) is 63.2 Å². The van der Waals surface area contributed by atoms with Crippen molar-refractivity contribution in [3.63, 3.8) is 0 Å².